The van der Waals surface area contributed by atoms with Gasteiger partial charge in [-0.05, 0) is 29.7 Å². The van der Waals surface area contributed by atoms with Crippen LogP contribution in [-0.4, -0.2) is 44.4 Å². The lowest BCUT2D eigenvalue weighted by atomic mass is 10.2. The second kappa shape index (κ2) is 7.59. The molecule has 0 aromatic heterocycles. The number of benzene rings is 2. The molecule has 0 atom stereocenters. The molecule has 2 aromatic carbocycles. The molecule has 0 radical (unpaired) electrons. The minimum absolute atomic E-state index is 0.126. The van der Waals surface area contributed by atoms with Crippen LogP contribution >= 0.6 is 15.9 Å². The summed E-state index contributed by atoms with van der Waals surface area (Å²) < 4.78 is 34.4. The molecular weight excluding hydrogens is 444 g/mol. The van der Waals surface area contributed by atoms with Crippen LogP contribution in [0.4, 0.5) is 5.69 Å². The van der Waals surface area contributed by atoms with Gasteiger partial charge in [0, 0.05) is 31.0 Å². The molecule has 28 heavy (non-hydrogen) atoms. The van der Waals surface area contributed by atoms with Gasteiger partial charge in [-0.1, -0.05) is 46.3 Å². The van der Waals surface area contributed by atoms with Gasteiger partial charge in [0.2, 0.25) is 15.9 Å². The van der Waals surface area contributed by atoms with Gasteiger partial charge in [0.15, 0.2) is 0 Å². The van der Waals surface area contributed by atoms with Gasteiger partial charge in [0.25, 0.3) is 0 Å². The molecule has 0 aliphatic carbocycles. The third-order valence-corrected chi connectivity index (χ3v) is 7.44. The molecule has 6 nitrogen and oxygen atoms in total. The van der Waals surface area contributed by atoms with Crippen LogP contribution in [0.1, 0.15) is 18.1 Å². The van der Waals surface area contributed by atoms with Crippen molar-refractivity contribution in [1.82, 2.24) is 4.31 Å². The highest BCUT2D eigenvalue weighted by molar-refractivity contribution is 9.10. The van der Waals surface area contributed by atoms with Crippen molar-refractivity contribution in [2.24, 2.45) is 0 Å². The molecule has 0 unspecified atom stereocenters. The minimum atomic E-state index is -3.70. The highest BCUT2D eigenvalue weighted by Crippen LogP contribution is 2.39. The predicted molar refractivity (Wildman–Crippen MR) is 110 cm³/mol. The van der Waals surface area contributed by atoms with Crippen molar-refractivity contribution in [3.05, 3.63) is 58.1 Å². The molecule has 1 saturated heterocycles. The number of nitrogens with zero attached hydrogens (tertiary/aromatic N) is 2. The van der Waals surface area contributed by atoms with E-state index < -0.39 is 10.0 Å². The lowest BCUT2D eigenvalue weighted by Gasteiger charge is -2.38. The second-order valence-corrected chi connectivity index (χ2v) is 9.89. The Morgan fingerprint density at radius 2 is 1.93 bits per heavy atom. The number of carbonyl (C=O) groups is 1. The zero-order valence-electron chi connectivity index (χ0n) is 15.5. The first-order valence-electron chi connectivity index (χ1n) is 9.12. The van der Waals surface area contributed by atoms with Crippen LogP contribution < -0.4 is 4.90 Å². The molecule has 0 saturated carbocycles. The third-order valence-electron chi connectivity index (χ3n) is 5.13. The molecule has 0 spiro atoms. The summed E-state index contributed by atoms with van der Waals surface area (Å²) in [7, 11) is -3.70. The predicted octanol–water partition coefficient (Wildman–Crippen LogP) is 2.95. The number of carbonyl (C=O) groups excluding carboxylic acids is 1. The zero-order chi connectivity index (χ0) is 19.9. The summed E-state index contributed by atoms with van der Waals surface area (Å²) in [5.41, 5.74) is 2.45. The van der Waals surface area contributed by atoms with Crippen LogP contribution in [0, 0.1) is 0 Å². The van der Waals surface area contributed by atoms with E-state index in [1.54, 1.807) is 11.0 Å². The molecular formula is C20H21BrN2O4S. The van der Waals surface area contributed by atoms with E-state index in [2.05, 4.69) is 15.9 Å². The van der Waals surface area contributed by atoms with Crippen LogP contribution in [0.3, 0.4) is 0 Å². The summed E-state index contributed by atoms with van der Waals surface area (Å²) in [6.45, 7) is 3.06. The first-order chi connectivity index (χ1) is 13.4. The summed E-state index contributed by atoms with van der Waals surface area (Å²) in [5.74, 6) is -0.148. The summed E-state index contributed by atoms with van der Waals surface area (Å²) in [6, 6.07) is 13.3. The number of amides is 1. The molecule has 2 heterocycles. The molecule has 8 heteroatoms. The van der Waals surface area contributed by atoms with Crippen LogP contribution in [0.5, 0.6) is 0 Å². The minimum Gasteiger partial charge on any atom is -0.371 e. The maximum absolute atomic E-state index is 13.2. The van der Waals surface area contributed by atoms with E-state index in [-0.39, 0.29) is 16.9 Å². The van der Waals surface area contributed by atoms with Crippen molar-refractivity contribution in [1.29, 1.82) is 0 Å². The second-order valence-electron chi connectivity index (χ2n) is 7.07. The van der Waals surface area contributed by atoms with Crippen molar-refractivity contribution in [2.45, 2.75) is 31.0 Å². The molecule has 148 valence electrons. The largest absolute Gasteiger partial charge is 0.371 e. The fourth-order valence-electron chi connectivity index (χ4n) is 3.61. The standard InChI is InChI=1S/C20H21BrN2O4S/c1-14(24)23-8-7-16-9-17(21)10-19(20(16)23)28(25,26)22-11-18(12-22)27-13-15-5-3-2-4-6-15/h2-6,9-10,18H,7-8,11-13H2,1H3. The van der Waals surface area contributed by atoms with Crippen molar-refractivity contribution in [3.8, 4) is 0 Å². The molecule has 0 N–H and O–H groups in total. The smallest absolute Gasteiger partial charge is 0.245 e. The number of hydrogen-bond donors (Lipinski definition) is 0. The highest BCUT2D eigenvalue weighted by atomic mass is 79.9. The maximum Gasteiger partial charge on any atom is 0.245 e. The Morgan fingerprint density at radius 3 is 2.61 bits per heavy atom. The molecule has 1 fully saturated rings. The SMILES string of the molecule is CC(=O)N1CCc2cc(Br)cc(S(=O)(=O)N3CC(OCc4ccccc4)C3)c21. The Hall–Kier alpha value is -1.74. The lowest BCUT2D eigenvalue weighted by molar-refractivity contribution is -0.116. The van der Waals surface area contributed by atoms with Gasteiger partial charge in [-0.25, -0.2) is 8.42 Å². The summed E-state index contributed by atoms with van der Waals surface area (Å²) in [5, 5.41) is 0. The first kappa shape index (κ1) is 19.6. The first-order valence-corrected chi connectivity index (χ1v) is 11.4. The van der Waals surface area contributed by atoms with Crippen LogP contribution in [0.15, 0.2) is 51.8 Å². The number of sulfonamides is 1. The normalized spacial score (nSPS) is 17.4. The third kappa shape index (κ3) is 3.61. The fraction of sp³-hybridized carbons (Fsp3) is 0.350. The quantitative estimate of drug-likeness (QED) is 0.681. The van der Waals surface area contributed by atoms with Gasteiger partial charge in [0.05, 0.1) is 18.4 Å². The maximum atomic E-state index is 13.2. The van der Waals surface area contributed by atoms with Crippen molar-refractivity contribution in [3.63, 3.8) is 0 Å². The molecule has 2 aromatic rings. The summed E-state index contributed by atoms with van der Waals surface area (Å²) in [4.78, 5) is 13.7. The Bertz CT molecular complexity index is 1000. The molecule has 4 rings (SSSR count). The van der Waals surface area contributed by atoms with E-state index in [1.807, 2.05) is 36.4 Å². The Labute approximate surface area is 173 Å². The molecule has 1 amide bonds. The van der Waals surface area contributed by atoms with Crippen molar-refractivity contribution >= 4 is 37.5 Å². The highest BCUT2D eigenvalue weighted by Gasteiger charge is 2.41. The lowest BCUT2D eigenvalue weighted by Crippen LogP contribution is -2.54. The molecule has 0 bridgehead atoms. The number of rotatable bonds is 5. The van der Waals surface area contributed by atoms with Crippen molar-refractivity contribution < 1.29 is 17.9 Å². The van der Waals surface area contributed by atoms with Gasteiger partial charge in [-0.15, -0.1) is 0 Å². The number of hydrogen-bond acceptors (Lipinski definition) is 4. The van der Waals surface area contributed by atoms with Gasteiger partial charge < -0.3 is 9.64 Å². The van der Waals surface area contributed by atoms with Gasteiger partial charge in [0.1, 0.15) is 4.90 Å². The van der Waals surface area contributed by atoms with Crippen LogP contribution in [0.2, 0.25) is 0 Å². The molecule has 2 aliphatic rings. The Morgan fingerprint density at radius 1 is 1.21 bits per heavy atom. The Balaban J connectivity index is 1.50. The zero-order valence-corrected chi connectivity index (χ0v) is 17.9. The Kier molecular flexibility index (Phi) is 5.30. The van der Waals surface area contributed by atoms with Crippen LogP contribution in [0.25, 0.3) is 0 Å². The number of fused-ring (bicyclic) bond motifs is 1. The van der Waals surface area contributed by atoms with E-state index in [9.17, 15) is 13.2 Å². The van der Waals surface area contributed by atoms with E-state index in [1.165, 1.54) is 11.2 Å². The average Bonchev–Trinajstić information content (AvgIpc) is 3.04. The topological polar surface area (TPSA) is 66.9 Å². The van der Waals surface area contributed by atoms with E-state index in [4.69, 9.17) is 4.74 Å². The van der Waals surface area contributed by atoms with Crippen molar-refractivity contribution in [2.75, 3.05) is 24.5 Å². The number of anilines is 1. The number of ether oxygens (including phenoxy) is 1. The van der Waals surface area contributed by atoms with E-state index in [0.29, 0.717) is 42.8 Å². The fourth-order valence-corrected chi connectivity index (χ4v) is 6.03. The van der Waals surface area contributed by atoms with Gasteiger partial charge in [-0.3, -0.25) is 4.79 Å². The molecule has 2 aliphatic heterocycles. The monoisotopic (exact) mass is 464 g/mol. The summed E-state index contributed by atoms with van der Waals surface area (Å²) >= 11 is 3.41. The summed E-state index contributed by atoms with van der Waals surface area (Å²) in [6.07, 6.45) is 0.527. The van der Waals surface area contributed by atoms with Crippen LogP contribution in [-0.2, 0) is 32.6 Å². The van der Waals surface area contributed by atoms with Gasteiger partial charge >= 0.3 is 0 Å². The number of halogens is 1. The van der Waals surface area contributed by atoms with E-state index in [0.717, 1.165) is 11.1 Å². The van der Waals surface area contributed by atoms with Gasteiger partial charge in [-0.2, -0.15) is 4.31 Å². The van der Waals surface area contributed by atoms with E-state index >= 15 is 0 Å². The average molecular weight is 465 g/mol.